The van der Waals surface area contributed by atoms with E-state index in [9.17, 15) is 0 Å². The minimum absolute atomic E-state index is 0.834. The van der Waals surface area contributed by atoms with Crippen molar-refractivity contribution >= 4 is 28.1 Å². The number of hydrogen-bond donors (Lipinski definition) is 1. The number of pyridine rings is 1. The van der Waals surface area contributed by atoms with Crippen LogP contribution in [-0.4, -0.2) is 4.98 Å². The van der Waals surface area contributed by atoms with E-state index in [4.69, 9.17) is 0 Å². The predicted molar refractivity (Wildman–Crippen MR) is 78.1 cm³/mol. The molecule has 0 aliphatic heterocycles. The number of nitrogens with one attached hydrogen (secondary N) is 1. The number of rotatable bonds is 3. The lowest BCUT2D eigenvalue weighted by Crippen LogP contribution is -2.01. The van der Waals surface area contributed by atoms with E-state index in [1.165, 1.54) is 16.5 Å². The van der Waals surface area contributed by atoms with Gasteiger partial charge in [-0.3, -0.25) is 0 Å². The fraction of sp³-hybridized carbons (Fsp3) is 0.133. The maximum absolute atomic E-state index is 4.60. The average molecular weight is 254 g/mol. The molecule has 0 fully saturated rings. The van der Waals surface area contributed by atoms with Crippen LogP contribution < -0.4 is 5.32 Å². The van der Waals surface area contributed by atoms with Crippen molar-refractivity contribution in [3.8, 4) is 0 Å². The van der Waals surface area contributed by atoms with Gasteiger partial charge in [0.15, 0.2) is 0 Å². The lowest BCUT2D eigenvalue weighted by Gasteiger charge is -2.06. The molecule has 2 nitrogen and oxygen atoms in total. The van der Waals surface area contributed by atoms with E-state index in [0.29, 0.717) is 0 Å². The van der Waals surface area contributed by atoms with Crippen LogP contribution in [0.1, 0.15) is 11.1 Å². The highest BCUT2D eigenvalue weighted by Crippen LogP contribution is 2.17. The standard InChI is InChI=1S/C15H14N2S/c1-11-9-18-10-13(11)8-16-15-7-6-12-4-2-3-5-14(12)17-15/h2-7,9-10H,8H2,1H3,(H,16,17). The van der Waals surface area contributed by atoms with Crippen molar-refractivity contribution in [2.45, 2.75) is 13.5 Å². The summed E-state index contributed by atoms with van der Waals surface area (Å²) >= 11 is 1.74. The third kappa shape index (κ3) is 2.22. The largest absolute Gasteiger partial charge is 0.366 e. The van der Waals surface area contributed by atoms with Crippen LogP contribution in [0.15, 0.2) is 47.2 Å². The van der Waals surface area contributed by atoms with Gasteiger partial charge in [-0.25, -0.2) is 4.98 Å². The zero-order valence-corrected chi connectivity index (χ0v) is 11.0. The summed E-state index contributed by atoms with van der Waals surface area (Å²) in [5.41, 5.74) is 3.72. The van der Waals surface area contributed by atoms with Crippen molar-refractivity contribution in [2.75, 3.05) is 5.32 Å². The van der Waals surface area contributed by atoms with Crippen molar-refractivity contribution in [2.24, 2.45) is 0 Å². The normalized spacial score (nSPS) is 10.7. The average Bonchev–Trinajstić information content (AvgIpc) is 2.82. The summed E-state index contributed by atoms with van der Waals surface area (Å²) in [5, 5.41) is 8.91. The van der Waals surface area contributed by atoms with E-state index in [-0.39, 0.29) is 0 Å². The van der Waals surface area contributed by atoms with Gasteiger partial charge in [-0.05, 0) is 47.0 Å². The van der Waals surface area contributed by atoms with Crippen LogP contribution in [0.5, 0.6) is 0 Å². The minimum atomic E-state index is 0.834. The number of thiophene rings is 1. The summed E-state index contributed by atoms with van der Waals surface area (Å²) in [5.74, 6) is 0.930. The summed E-state index contributed by atoms with van der Waals surface area (Å²) in [6.45, 7) is 2.97. The van der Waals surface area contributed by atoms with Gasteiger partial charge in [0.2, 0.25) is 0 Å². The third-order valence-corrected chi connectivity index (χ3v) is 3.93. The Kier molecular flexibility index (Phi) is 2.99. The second kappa shape index (κ2) is 4.78. The first-order valence-electron chi connectivity index (χ1n) is 5.94. The maximum atomic E-state index is 4.60. The van der Waals surface area contributed by atoms with Crippen LogP contribution in [0.25, 0.3) is 10.9 Å². The SMILES string of the molecule is Cc1cscc1CNc1ccc2ccccc2n1. The van der Waals surface area contributed by atoms with E-state index in [2.05, 4.69) is 40.1 Å². The van der Waals surface area contributed by atoms with Crippen molar-refractivity contribution in [3.63, 3.8) is 0 Å². The Morgan fingerprint density at radius 1 is 1.11 bits per heavy atom. The van der Waals surface area contributed by atoms with Gasteiger partial charge in [0.1, 0.15) is 5.82 Å². The van der Waals surface area contributed by atoms with E-state index < -0.39 is 0 Å². The highest BCUT2D eigenvalue weighted by molar-refractivity contribution is 7.08. The molecule has 2 aromatic heterocycles. The molecule has 0 atom stereocenters. The van der Waals surface area contributed by atoms with Crippen molar-refractivity contribution in [1.82, 2.24) is 4.98 Å². The molecule has 3 heteroatoms. The zero-order chi connectivity index (χ0) is 12.4. The van der Waals surface area contributed by atoms with Gasteiger partial charge >= 0.3 is 0 Å². The number of nitrogens with zero attached hydrogens (tertiary/aromatic N) is 1. The van der Waals surface area contributed by atoms with Gasteiger partial charge in [0.25, 0.3) is 0 Å². The smallest absolute Gasteiger partial charge is 0.126 e. The van der Waals surface area contributed by atoms with Crippen molar-refractivity contribution in [3.05, 3.63) is 58.3 Å². The summed E-state index contributed by atoms with van der Waals surface area (Å²) in [7, 11) is 0. The molecule has 0 aliphatic carbocycles. The third-order valence-electron chi connectivity index (χ3n) is 3.02. The second-order valence-corrected chi connectivity index (χ2v) is 5.07. The molecular formula is C15H14N2S. The molecule has 3 rings (SSSR count). The zero-order valence-electron chi connectivity index (χ0n) is 10.2. The van der Waals surface area contributed by atoms with Crippen LogP contribution in [0.4, 0.5) is 5.82 Å². The van der Waals surface area contributed by atoms with Gasteiger partial charge in [-0.15, -0.1) is 0 Å². The molecule has 3 aromatic rings. The molecule has 2 heterocycles. The number of fused-ring (bicyclic) bond motifs is 1. The first-order valence-corrected chi connectivity index (χ1v) is 6.88. The van der Waals surface area contributed by atoms with Gasteiger partial charge in [-0.2, -0.15) is 11.3 Å². The topological polar surface area (TPSA) is 24.9 Å². The number of para-hydroxylation sites is 1. The Labute approximate surface area is 110 Å². The molecule has 0 unspecified atom stereocenters. The predicted octanol–water partition coefficient (Wildman–Crippen LogP) is 4.22. The van der Waals surface area contributed by atoms with Crippen molar-refractivity contribution < 1.29 is 0 Å². The molecule has 1 N–H and O–H groups in total. The van der Waals surface area contributed by atoms with Gasteiger partial charge in [0.05, 0.1) is 5.52 Å². The maximum Gasteiger partial charge on any atom is 0.126 e. The first-order chi connectivity index (χ1) is 8.83. The molecule has 0 bridgehead atoms. The molecule has 0 saturated heterocycles. The number of aryl methyl sites for hydroxylation is 1. The molecule has 0 amide bonds. The summed E-state index contributed by atoms with van der Waals surface area (Å²) in [4.78, 5) is 4.60. The number of benzene rings is 1. The monoisotopic (exact) mass is 254 g/mol. The molecule has 90 valence electrons. The Bertz CT molecular complexity index is 673. The number of anilines is 1. The molecule has 0 radical (unpaired) electrons. The highest BCUT2D eigenvalue weighted by atomic mass is 32.1. The highest BCUT2D eigenvalue weighted by Gasteiger charge is 2.00. The first kappa shape index (κ1) is 11.2. The van der Waals surface area contributed by atoms with E-state index in [0.717, 1.165) is 17.9 Å². The fourth-order valence-corrected chi connectivity index (χ4v) is 2.78. The van der Waals surface area contributed by atoms with Gasteiger partial charge in [0, 0.05) is 11.9 Å². The summed E-state index contributed by atoms with van der Waals surface area (Å²) in [6.07, 6.45) is 0. The Morgan fingerprint density at radius 2 is 2.00 bits per heavy atom. The number of aromatic nitrogens is 1. The van der Waals surface area contributed by atoms with Crippen LogP contribution >= 0.6 is 11.3 Å². The Balaban J connectivity index is 1.81. The lowest BCUT2D eigenvalue weighted by atomic mass is 10.2. The molecule has 18 heavy (non-hydrogen) atoms. The van der Waals surface area contributed by atoms with Gasteiger partial charge < -0.3 is 5.32 Å². The van der Waals surface area contributed by atoms with Crippen LogP contribution in [0.3, 0.4) is 0 Å². The lowest BCUT2D eigenvalue weighted by molar-refractivity contribution is 1.11. The summed E-state index contributed by atoms with van der Waals surface area (Å²) < 4.78 is 0. The van der Waals surface area contributed by atoms with E-state index in [1.807, 2.05) is 24.3 Å². The molecule has 0 saturated carbocycles. The van der Waals surface area contributed by atoms with Crippen LogP contribution in [-0.2, 0) is 6.54 Å². The minimum Gasteiger partial charge on any atom is -0.366 e. The molecule has 1 aromatic carbocycles. The Hall–Kier alpha value is -1.87. The molecule has 0 aliphatic rings. The van der Waals surface area contributed by atoms with Gasteiger partial charge in [-0.1, -0.05) is 18.2 Å². The quantitative estimate of drug-likeness (QED) is 0.757. The Morgan fingerprint density at radius 3 is 2.83 bits per heavy atom. The molecular weight excluding hydrogens is 240 g/mol. The van der Waals surface area contributed by atoms with Crippen LogP contribution in [0.2, 0.25) is 0 Å². The van der Waals surface area contributed by atoms with Crippen LogP contribution in [0, 0.1) is 6.92 Å². The fourth-order valence-electron chi connectivity index (χ4n) is 1.92. The summed E-state index contributed by atoms with van der Waals surface area (Å²) in [6, 6.07) is 12.3. The van der Waals surface area contributed by atoms with Crippen molar-refractivity contribution in [1.29, 1.82) is 0 Å². The van der Waals surface area contributed by atoms with E-state index in [1.54, 1.807) is 11.3 Å². The molecule has 0 spiro atoms. The van der Waals surface area contributed by atoms with E-state index >= 15 is 0 Å². The second-order valence-electron chi connectivity index (χ2n) is 4.32. The number of hydrogen-bond acceptors (Lipinski definition) is 3.